The molecule has 0 spiro atoms. The Bertz CT molecular complexity index is 917. The second-order valence-electron chi connectivity index (χ2n) is 6.84. The number of ether oxygens (including phenoxy) is 1. The molecule has 1 atom stereocenters. The van der Waals surface area contributed by atoms with Crippen molar-refractivity contribution in [2.24, 2.45) is 0 Å². The van der Waals surface area contributed by atoms with Crippen molar-refractivity contribution < 1.29 is 9.53 Å². The first-order valence-corrected chi connectivity index (χ1v) is 10.2. The van der Waals surface area contributed by atoms with E-state index in [2.05, 4.69) is 16.5 Å². The Kier molecular flexibility index (Phi) is 5.25. The maximum atomic E-state index is 12.4. The summed E-state index contributed by atoms with van der Waals surface area (Å²) in [7, 11) is 1.69. The Labute approximate surface area is 163 Å². The first-order chi connectivity index (χ1) is 13.2. The van der Waals surface area contributed by atoms with Crippen LogP contribution in [-0.4, -0.2) is 22.8 Å². The van der Waals surface area contributed by atoms with Gasteiger partial charge in [-0.3, -0.25) is 9.48 Å². The Morgan fingerprint density at radius 3 is 3.07 bits per heavy atom. The van der Waals surface area contributed by atoms with E-state index in [1.54, 1.807) is 18.4 Å². The monoisotopic (exact) mass is 381 g/mol. The average molecular weight is 382 g/mol. The molecule has 0 saturated carbocycles. The third-order valence-electron chi connectivity index (χ3n) is 5.06. The molecule has 140 valence electrons. The van der Waals surface area contributed by atoms with Crippen LogP contribution in [0.3, 0.4) is 0 Å². The molecule has 0 bridgehead atoms. The second-order valence-corrected chi connectivity index (χ2v) is 7.62. The lowest BCUT2D eigenvalue weighted by Crippen LogP contribution is -2.32. The van der Waals surface area contributed by atoms with E-state index in [9.17, 15) is 4.79 Å². The van der Waals surface area contributed by atoms with E-state index >= 15 is 0 Å². The van der Waals surface area contributed by atoms with Crippen molar-refractivity contribution in [3.63, 3.8) is 0 Å². The molecule has 1 unspecified atom stereocenters. The minimum absolute atomic E-state index is 0.0475. The summed E-state index contributed by atoms with van der Waals surface area (Å²) in [6.07, 6.45) is 5.35. The molecular formula is C21H23N3O2S. The fourth-order valence-corrected chi connectivity index (χ4v) is 4.39. The number of amides is 1. The van der Waals surface area contributed by atoms with E-state index in [0.29, 0.717) is 13.0 Å². The van der Waals surface area contributed by atoms with Crippen LogP contribution < -0.4 is 10.1 Å². The molecule has 4 rings (SSSR count). The van der Waals surface area contributed by atoms with Crippen molar-refractivity contribution in [1.82, 2.24) is 15.1 Å². The van der Waals surface area contributed by atoms with Crippen LogP contribution in [0.4, 0.5) is 0 Å². The number of para-hydroxylation sites is 1. The van der Waals surface area contributed by atoms with Gasteiger partial charge in [0.1, 0.15) is 5.75 Å². The van der Waals surface area contributed by atoms with Gasteiger partial charge in [0.25, 0.3) is 0 Å². The van der Waals surface area contributed by atoms with Crippen molar-refractivity contribution >= 4 is 17.2 Å². The van der Waals surface area contributed by atoms with Crippen molar-refractivity contribution in [3.05, 3.63) is 69.7 Å². The maximum Gasteiger partial charge on any atom is 0.224 e. The number of nitrogens with zero attached hydrogens (tertiary/aromatic N) is 2. The number of hydrogen-bond acceptors (Lipinski definition) is 4. The molecule has 2 heterocycles. The third-order valence-corrected chi connectivity index (χ3v) is 5.79. The fourth-order valence-electron chi connectivity index (χ4n) is 3.72. The van der Waals surface area contributed by atoms with E-state index in [4.69, 9.17) is 4.74 Å². The Morgan fingerprint density at radius 1 is 1.37 bits per heavy atom. The van der Waals surface area contributed by atoms with E-state index in [-0.39, 0.29) is 11.9 Å². The first-order valence-electron chi connectivity index (χ1n) is 9.21. The lowest BCUT2D eigenvalue weighted by atomic mass is 9.92. The van der Waals surface area contributed by atoms with Crippen molar-refractivity contribution in [1.29, 1.82) is 0 Å². The number of methoxy groups -OCH3 is 1. The number of carbonyl (C=O) groups excluding carboxylic acids is 1. The molecule has 0 aliphatic heterocycles. The van der Waals surface area contributed by atoms with E-state index < -0.39 is 0 Å². The van der Waals surface area contributed by atoms with Gasteiger partial charge in [0.05, 0.1) is 32.3 Å². The van der Waals surface area contributed by atoms with Crippen molar-refractivity contribution in [2.45, 2.75) is 38.3 Å². The van der Waals surface area contributed by atoms with Gasteiger partial charge in [0.15, 0.2) is 0 Å². The molecule has 27 heavy (non-hydrogen) atoms. The van der Waals surface area contributed by atoms with Crippen LogP contribution in [0.1, 0.15) is 41.3 Å². The van der Waals surface area contributed by atoms with Crippen molar-refractivity contribution in [2.75, 3.05) is 7.11 Å². The summed E-state index contributed by atoms with van der Waals surface area (Å²) in [6.45, 7) is 0.676. The average Bonchev–Trinajstić information content (AvgIpc) is 3.33. The summed E-state index contributed by atoms with van der Waals surface area (Å²) in [5.41, 5.74) is 4.54. The minimum atomic E-state index is 0.0475. The van der Waals surface area contributed by atoms with Crippen LogP contribution in [0, 0.1) is 0 Å². The molecule has 0 fully saturated rings. The predicted molar refractivity (Wildman–Crippen MR) is 106 cm³/mol. The summed E-state index contributed by atoms with van der Waals surface area (Å²) < 4.78 is 7.51. The minimum Gasteiger partial charge on any atom is -0.496 e. The normalized spacial score (nSPS) is 16.0. The number of rotatable bonds is 6. The quantitative estimate of drug-likeness (QED) is 0.708. The first kappa shape index (κ1) is 17.8. The second kappa shape index (κ2) is 7.96. The summed E-state index contributed by atoms with van der Waals surface area (Å²) in [5, 5.41) is 11.8. The SMILES string of the molecule is COc1ccccc1Cn1ncc2c1CCCC2NC(=O)Cc1ccsc1. The predicted octanol–water partition coefficient (Wildman–Crippen LogP) is 3.74. The Balaban J connectivity index is 1.50. The van der Waals surface area contributed by atoms with Crippen LogP contribution in [0.15, 0.2) is 47.3 Å². The molecule has 3 aromatic rings. The number of fused-ring (bicyclic) bond motifs is 1. The van der Waals surface area contributed by atoms with Gasteiger partial charge in [0.2, 0.25) is 5.91 Å². The largest absolute Gasteiger partial charge is 0.496 e. The zero-order valence-corrected chi connectivity index (χ0v) is 16.2. The van der Waals surface area contributed by atoms with E-state index in [1.165, 1.54) is 5.69 Å². The van der Waals surface area contributed by atoms with Gasteiger partial charge in [-0.05, 0) is 47.7 Å². The molecule has 5 nitrogen and oxygen atoms in total. The summed E-state index contributed by atoms with van der Waals surface area (Å²) in [4.78, 5) is 12.4. The number of benzene rings is 1. The van der Waals surface area contributed by atoms with E-state index in [0.717, 1.165) is 41.7 Å². The zero-order chi connectivity index (χ0) is 18.6. The van der Waals surface area contributed by atoms with Crippen LogP contribution in [0.2, 0.25) is 0 Å². The summed E-state index contributed by atoms with van der Waals surface area (Å²) >= 11 is 1.62. The Morgan fingerprint density at radius 2 is 2.26 bits per heavy atom. The van der Waals surface area contributed by atoms with E-state index in [1.807, 2.05) is 45.9 Å². The van der Waals surface area contributed by atoms with Gasteiger partial charge < -0.3 is 10.1 Å². The molecule has 1 aromatic carbocycles. The molecule has 0 saturated heterocycles. The van der Waals surface area contributed by atoms with Crippen LogP contribution in [-0.2, 0) is 24.2 Å². The molecule has 2 aromatic heterocycles. The topological polar surface area (TPSA) is 56.1 Å². The third kappa shape index (κ3) is 3.90. The van der Waals surface area contributed by atoms with Gasteiger partial charge in [-0.1, -0.05) is 18.2 Å². The lowest BCUT2D eigenvalue weighted by molar-refractivity contribution is -0.121. The summed E-state index contributed by atoms with van der Waals surface area (Å²) in [6, 6.07) is 10.1. The molecule has 6 heteroatoms. The van der Waals surface area contributed by atoms with Gasteiger partial charge in [-0.25, -0.2) is 0 Å². The zero-order valence-electron chi connectivity index (χ0n) is 15.4. The van der Waals surface area contributed by atoms with Gasteiger partial charge in [0, 0.05) is 16.8 Å². The van der Waals surface area contributed by atoms with Gasteiger partial charge >= 0.3 is 0 Å². The highest BCUT2D eigenvalue weighted by Gasteiger charge is 2.25. The van der Waals surface area contributed by atoms with Crippen molar-refractivity contribution in [3.8, 4) is 5.75 Å². The molecular weight excluding hydrogens is 358 g/mol. The number of thiophene rings is 1. The maximum absolute atomic E-state index is 12.4. The number of aromatic nitrogens is 2. The van der Waals surface area contributed by atoms with Crippen LogP contribution in [0.5, 0.6) is 5.75 Å². The summed E-state index contributed by atoms with van der Waals surface area (Å²) in [5.74, 6) is 0.946. The highest BCUT2D eigenvalue weighted by Crippen LogP contribution is 2.30. The van der Waals surface area contributed by atoms with Gasteiger partial charge in [-0.15, -0.1) is 0 Å². The highest BCUT2D eigenvalue weighted by atomic mass is 32.1. The standard InChI is InChI=1S/C21H23N3O2S/c1-26-20-8-3-2-5-16(20)13-24-19-7-4-6-18(17(19)12-22-24)23-21(25)11-15-9-10-27-14-15/h2-3,5,8-10,12,14,18H,4,6-7,11,13H2,1H3,(H,23,25). The molecule has 1 amide bonds. The smallest absolute Gasteiger partial charge is 0.224 e. The molecule has 0 radical (unpaired) electrons. The van der Waals surface area contributed by atoms with Crippen LogP contribution in [0.25, 0.3) is 0 Å². The number of carbonyl (C=O) groups is 1. The number of nitrogens with one attached hydrogen (secondary N) is 1. The lowest BCUT2D eigenvalue weighted by Gasteiger charge is -2.24. The molecule has 1 aliphatic rings. The van der Waals surface area contributed by atoms with Gasteiger partial charge in [-0.2, -0.15) is 16.4 Å². The fraction of sp³-hybridized carbons (Fsp3) is 0.333. The molecule has 1 aliphatic carbocycles. The van der Waals surface area contributed by atoms with Crippen LogP contribution >= 0.6 is 11.3 Å². The highest BCUT2D eigenvalue weighted by molar-refractivity contribution is 7.08. The molecule has 1 N–H and O–H groups in total. The Hall–Kier alpha value is -2.60. The number of hydrogen-bond donors (Lipinski definition) is 1.